The molecule has 98 valence electrons. The van der Waals surface area contributed by atoms with Crippen molar-refractivity contribution in [3.05, 3.63) is 51.2 Å². The highest BCUT2D eigenvalue weighted by Gasteiger charge is 2.13. The molecule has 0 bridgehead atoms. The lowest BCUT2D eigenvalue weighted by atomic mass is 10.3. The fraction of sp³-hybridized carbons (Fsp3) is 0. The second-order valence-electron chi connectivity index (χ2n) is 3.68. The minimum atomic E-state index is -0.439. The Balaban J connectivity index is 2.26. The SMILES string of the molecule is Nc1ccc(C(=O)Nc2c(Cl)cc(Cl)cc2Cl)nc1. The second-order valence-corrected chi connectivity index (χ2v) is 4.93. The Hall–Kier alpha value is -1.49. The van der Waals surface area contributed by atoms with Gasteiger partial charge in [-0.15, -0.1) is 0 Å². The second kappa shape index (κ2) is 5.65. The minimum absolute atomic E-state index is 0.205. The number of carbonyl (C=O) groups is 1. The van der Waals surface area contributed by atoms with Crippen LogP contribution in [0.3, 0.4) is 0 Å². The van der Waals surface area contributed by atoms with Crippen LogP contribution in [0.4, 0.5) is 11.4 Å². The van der Waals surface area contributed by atoms with Gasteiger partial charge in [-0.25, -0.2) is 4.98 Å². The van der Waals surface area contributed by atoms with Gasteiger partial charge in [0, 0.05) is 5.02 Å². The third-order valence-electron chi connectivity index (χ3n) is 2.26. The van der Waals surface area contributed by atoms with Crippen LogP contribution < -0.4 is 11.1 Å². The first-order valence-electron chi connectivity index (χ1n) is 5.15. The summed E-state index contributed by atoms with van der Waals surface area (Å²) in [6, 6.07) is 6.05. The quantitative estimate of drug-likeness (QED) is 0.883. The fourth-order valence-corrected chi connectivity index (χ4v) is 2.29. The van der Waals surface area contributed by atoms with Crippen molar-refractivity contribution in [1.29, 1.82) is 0 Å². The van der Waals surface area contributed by atoms with Crippen LogP contribution in [0.5, 0.6) is 0 Å². The van der Waals surface area contributed by atoms with E-state index in [1.54, 1.807) is 6.07 Å². The van der Waals surface area contributed by atoms with E-state index in [0.29, 0.717) is 10.7 Å². The van der Waals surface area contributed by atoms with E-state index in [9.17, 15) is 4.79 Å². The van der Waals surface area contributed by atoms with Crippen LogP contribution in [0.25, 0.3) is 0 Å². The van der Waals surface area contributed by atoms with Crippen molar-refractivity contribution >= 4 is 52.1 Å². The maximum Gasteiger partial charge on any atom is 0.274 e. The average Bonchev–Trinajstić information content (AvgIpc) is 2.34. The zero-order valence-electron chi connectivity index (χ0n) is 9.45. The van der Waals surface area contributed by atoms with E-state index in [-0.39, 0.29) is 21.4 Å². The van der Waals surface area contributed by atoms with Crippen molar-refractivity contribution in [3.63, 3.8) is 0 Å². The van der Waals surface area contributed by atoms with Crippen molar-refractivity contribution in [3.8, 4) is 0 Å². The number of hydrogen-bond acceptors (Lipinski definition) is 3. The van der Waals surface area contributed by atoms with Crippen LogP contribution in [0, 0.1) is 0 Å². The number of nitrogens with two attached hydrogens (primary N) is 1. The minimum Gasteiger partial charge on any atom is -0.397 e. The summed E-state index contributed by atoms with van der Waals surface area (Å²) in [6.45, 7) is 0. The van der Waals surface area contributed by atoms with E-state index in [1.165, 1.54) is 24.4 Å². The summed E-state index contributed by atoms with van der Waals surface area (Å²) < 4.78 is 0. The number of pyridine rings is 1. The lowest BCUT2D eigenvalue weighted by molar-refractivity contribution is 0.102. The molecular weight excluding hydrogens is 309 g/mol. The number of aromatic nitrogens is 1. The molecule has 1 amide bonds. The summed E-state index contributed by atoms with van der Waals surface area (Å²) in [5.74, 6) is -0.439. The van der Waals surface area contributed by atoms with E-state index >= 15 is 0 Å². The number of halogens is 3. The lowest BCUT2D eigenvalue weighted by Crippen LogP contribution is -2.14. The first-order chi connectivity index (χ1) is 8.97. The molecule has 19 heavy (non-hydrogen) atoms. The molecule has 0 saturated heterocycles. The molecule has 0 aliphatic rings. The van der Waals surface area contributed by atoms with E-state index in [2.05, 4.69) is 10.3 Å². The Morgan fingerprint density at radius 3 is 2.32 bits per heavy atom. The maximum absolute atomic E-state index is 12.0. The molecule has 0 aliphatic carbocycles. The van der Waals surface area contributed by atoms with Gasteiger partial charge < -0.3 is 11.1 Å². The van der Waals surface area contributed by atoms with E-state index in [4.69, 9.17) is 40.5 Å². The van der Waals surface area contributed by atoms with Crippen LogP contribution >= 0.6 is 34.8 Å². The number of benzene rings is 1. The zero-order valence-corrected chi connectivity index (χ0v) is 11.7. The van der Waals surface area contributed by atoms with Crippen LogP contribution in [-0.2, 0) is 0 Å². The summed E-state index contributed by atoms with van der Waals surface area (Å²) in [5, 5.41) is 3.47. The number of nitrogens with one attached hydrogen (secondary N) is 1. The molecule has 0 atom stereocenters. The van der Waals surface area contributed by atoms with Gasteiger partial charge in [0.25, 0.3) is 5.91 Å². The third kappa shape index (κ3) is 3.29. The van der Waals surface area contributed by atoms with E-state index in [0.717, 1.165) is 0 Å². The summed E-state index contributed by atoms with van der Waals surface area (Å²) in [7, 11) is 0. The number of hydrogen-bond donors (Lipinski definition) is 2. The molecule has 0 radical (unpaired) electrons. The standard InChI is InChI=1S/C12H8Cl3N3O/c13-6-3-8(14)11(9(15)4-6)18-12(19)10-2-1-7(16)5-17-10/h1-5H,16H2,(H,18,19). The maximum atomic E-state index is 12.0. The first-order valence-corrected chi connectivity index (χ1v) is 6.28. The molecule has 1 aromatic heterocycles. The molecule has 2 rings (SSSR count). The van der Waals surface area contributed by atoms with Crippen molar-refractivity contribution < 1.29 is 4.79 Å². The number of amides is 1. The largest absolute Gasteiger partial charge is 0.397 e. The number of nitrogen functional groups attached to an aromatic ring is 1. The van der Waals surface area contributed by atoms with Crippen molar-refractivity contribution in [1.82, 2.24) is 4.98 Å². The Bertz CT molecular complexity index is 606. The normalized spacial score (nSPS) is 10.3. The predicted octanol–water partition coefficient (Wildman–Crippen LogP) is 3.88. The monoisotopic (exact) mass is 315 g/mol. The number of rotatable bonds is 2. The first kappa shape index (κ1) is 13.9. The molecule has 0 aliphatic heterocycles. The highest BCUT2D eigenvalue weighted by molar-refractivity contribution is 6.42. The molecule has 7 heteroatoms. The van der Waals surface area contributed by atoms with Gasteiger partial charge in [-0.3, -0.25) is 4.79 Å². The van der Waals surface area contributed by atoms with E-state index in [1.807, 2.05) is 0 Å². The Morgan fingerprint density at radius 1 is 1.16 bits per heavy atom. The summed E-state index contributed by atoms with van der Waals surface area (Å²) in [5.41, 5.74) is 6.46. The van der Waals surface area contributed by atoms with Crippen LogP contribution in [0.2, 0.25) is 15.1 Å². The van der Waals surface area contributed by atoms with Crippen LogP contribution in [0.1, 0.15) is 10.5 Å². The van der Waals surface area contributed by atoms with E-state index < -0.39 is 5.91 Å². The summed E-state index contributed by atoms with van der Waals surface area (Å²) in [4.78, 5) is 15.9. The number of anilines is 2. The van der Waals surface area contributed by atoms with Crippen molar-refractivity contribution in [2.75, 3.05) is 11.1 Å². The molecule has 3 N–H and O–H groups in total. The Morgan fingerprint density at radius 2 is 1.79 bits per heavy atom. The topological polar surface area (TPSA) is 68.0 Å². The Labute approximate surface area is 124 Å². The fourth-order valence-electron chi connectivity index (χ4n) is 1.38. The molecule has 1 aromatic carbocycles. The molecule has 1 heterocycles. The van der Waals surface area contributed by atoms with Gasteiger partial charge in [-0.2, -0.15) is 0 Å². The Kier molecular flexibility index (Phi) is 4.14. The average molecular weight is 317 g/mol. The van der Waals surface area contributed by atoms with Gasteiger partial charge in [-0.05, 0) is 24.3 Å². The summed E-state index contributed by atoms with van der Waals surface area (Å²) >= 11 is 17.7. The third-order valence-corrected chi connectivity index (χ3v) is 3.08. The molecule has 4 nitrogen and oxygen atoms in total. The summed E-state index contributed by atoms with van der Waals surface area (Å²) in [6.07, 6.45) is 1.39. The van der Waals surface area contributed by atoms with Gasteiger partial charge in [0.05, 0.1) is 27.6 Å². The molecule has 0 fully saturated rings. The molecule has 0 spiro atoms. The van der Waals surface area contributed by atoms with Crippen molar-refractivity contribution in [2.45, 2.75) is 0 Å². The smallest absolute Gasteiger partial charge is 0.274 e. The highest BCUT2D eigenvalue weighted by Crippen LogP contribution is 2.33. The molecular formula is C12H8Cl3N3O. The predicted molar refractivity (Wildman–Crippen MR) is 78.1 cm³/mol. The van der Waals surface area contributed by atoms with Gasteiger partial charge in [0.1, 0.15) is 5.69 Å². The molecule has 0 unspecified atom stereocenters. The van der Waals surface area contributed by atoms with Gasteiger partial charge in [0.2, 0.25) is 0 Å². The lowest BCUT2D eigenvalue weighted by Gasteiger charge is -2.09. The molecule has 2 aromatic rings. The van der Waals surface area contributed by atoms with Gasteiger partial charge in [-0.1, -0.05) is 34.8 Å². The highest BCUT2D eigenvalue weighted by atomic mass is 35.5. The van der Waals surface area contributed by atoms with Crippen LogP contribution in [0.15, 0.2) is 30.5 Å². The van der Waals surface area contributed by atoms with Gasteiger partial charge in [0.15, 0.2) is 0 Å². The number of carbonyl (C=O) groups excluding carboxylic acids is 1. The number of nitrogens with zero attached hydrogens (tertiary/aromatic N) is 1. The van der Waals surface area contributed by atoms with Crippen LogP contribution in [-0.4, -0.2) is 10.9 Å². The van der Waals surface area contributed by atoms with Crippen molar-refractivity contribution in [2.24, 2.45) is 0 Å². The molecule has 0 saturated carbocycles. The van der Waals surface area contributed by atoms with Gasteiger partial charge >= 0.3 is 0 Å². The zero-order chi connectivity index (χ0) is 14.0.